The van der Waals surface area contributed by atoms with Gasteiger partial charge in [0.2, 0.25) is 10.0 Å². The second-order valence-corrected chi connectivity index (χ2v) is 4.55. The summed E-state index contributed by atoms with van der Waals surface area (Å²) in [5.41, 5.74) is 2.00. The first-order chi connectivity index (χ1) is 6.96. The fourth-order valence-electron chi connectivity index (χ4n) is 1.06. The van der Waals surface area contributed by atoms with Crippen LogP contribution in [0.15, 0.2) is 18.2 Å². The summed E-state index contributed by atoms with van der Waals surface area (Å²) in [6, 6.07) is 3.40. The molecule has 15 heavy (non-hydrogen) atoms. The largest absolute Gasteiger partial charge is 0.247 e. The number of benzene rings is 1. The maximum atomic E-state index is 13.1. The van der Waals surface area contributed by atoms with E-state index in [9.17, 15) is 17.2 Å². The Kier molecular flexibility index (Phi) is 3.72. The number of nitrogens with one attached hydrogen (secondary N) is 2. The molecule has 7 heteroatoms. The van der Waals surface area contributed by atoms with Crippen molar-refractivity contribution in [2.24, 2.45) is 0 Å². The highest BCUT2D eigenvalue weighted by molar-refractivity contribution is 7.88. The Morgan fingerprint density at radius 1 is 1.33 bits per heavy atom. The predicted octanol–water partition coefficient (Wildman–Crippen LogP) is 0.519. The molecule has 0 bridgehead atoms. The van der Waals surface area contributed by atoms with Gasteiger partial charge in [-0.25, -0.2) is 22.6 Å². The number of halogens is 2. The third kappa shape index (κ3) is 3.22. The van der Waals surface area contributed by atoms with Crippen LogP contribution < -0.4 is 10.3 Å². The number of rotatable bonds is 4. The summed E-state index contributed by atoms with van der Waals surface area (Å²) in [4.78, 5) is 1.95. The number of hydrogen-bond donors (Lipinski definition) is 2. The van der Waals surface area contributed by atoms with Gasteiger partial charge in [0, 0.05) is 5.56 Å². The van der Waals surface area contributed by atoms with Gasteiger partial charge in [0.15, 0.2) is 11.6 Å². The minimum absolute atomic E-state index is 0.210. The van der Waals surface area contributed by atoms with Crippen LogP contribution in [0.1, 0.15) is 5.56 Å². The van der Waals surface area contributed by atoms with Gasteiger partial charge in [-0.05, 0) is 13.1 Å². The molecule has 0 amide bonds. The molecule has 0 radical (unpaired) electrons. The molecule has 4 nitrogen and oxygen atoms in total. The van der Waals surface area contributed by atoms with Crippen molar-refractivity contribution in [3.63, 3.8) is 0 Å². The third-order valence-corrected chi connectivity index (χ3v) is 2.84. The van der Waals surface area contributed by atoms with Crippen LogP contribution in [0.5, 0.6) is 0 Å². The second kappa shape index (κ2) is 4.65. The first-order valence-corrected chi connectivity index (χ1v) is 5.70. The van der Waals surface area contributed by atoms with Gasteiger partial charge in [-0.3, -0.25) is 0 Å². The molecule has 0 spiro atoms. The Hall–Kier alpha value is -1.05. The van der Waals surface area contributed by atoms with Crippen molar-refractivity contribution in [2.75, 3.05) is 7.05 Å². The van der Waals surface area contributed by atoms with Crippen molar-refractivity contribution in [1.82, 2.24) is 10.3 Å². The van der Waals surface area contributed by atoms with Crippen LogP contribution in [0.2, 0.25) is 0 Å². The summed E-state index contributed by atoms with van der Waals surface area (Å²) in [6.45, 7) is 0. The average Bonchev–Trinajstić information content (AvgIpc) is 2.12. The fraction of sp³-hybridized carbons (Fsp3) is 0.250. The molecule has 0 saturated carbocycles. The number of hydrazine groups is 1. The monoisotopic (exact) mass is 236 g/mol. The zero-order valence-electron chi connectivity index (χ0n) is 7.92. The Bertz CT molecular complexity index is 448. The van der Waals surface area contributed by atoms with Gasteiger partial charge in [-0.15, -0.1) is 0 Å². The van der Waals surface area contributed by atoms with Crippen molar-refractivity contribution < 1.29 is 17.2 Å². The minimum Gasteiger partial charge on any atom is -0.247 e. The standard InChI is InChI=1S/C8H10F2N2O2S/c1-11-12-15(13,14)5-6-3-2-4-7(9)8(6)10/h2-4,11-12H,5H2,1H3. The summed E-state index contributed by atoms with van der Waals surface area (Å²) in [5.74, 6) is -2.82. The van der Waals surface area contributed by atoms with E-state index in [0.29, 0.717) is 0 Å². The maximum Gasteiger partial charge on any atom is 0.228 e. The lowest BCUT2D eigenvalue weighted by atomic mass is 10.2. The molecule has 1 rings (SSSR count). The van der Waals surface area contributed by atoms with E-state index >= 15 is 0 Å². The van der Waals surface area contributed by atoms with Gasteiger partial charge in [0.05, 0.1) is 5.75 Å². The molecule has 0 saturated heterocycles. The predicted molar refractivity (Wildman–Crippen MR) is 51.2 cm³/mol. The number of sulfonamides is 1. The summed E-state index contributed by atoms with van der Waals surface area (Å²) < 4.78 is 48.2. The molecule has 0 aliphatic carbocycles. The van der Waals surface area contributed by atoms with Crippen LogP contribution >= 0.6 is 0 Å². The van der Waals surface area contributed by atoms with Gasteiger partial charge >= 0.3 is 0 Å². The van der Waals surface area contributed by atoms with Crippen molar-refractivity contribution >= 4 is 10.0 Å². The Labute approximate surface area is 86.3 Å². The highest BCUT2D eigenvalue weighted by Crippen LogP contribution is 2.13. The van der Waals surface area contributed by atoms with Crippen molar-refractivity contribution in [1.29, 1.82) is 0 Å². The third-order valence-electron chi connectivity index (χ3n) is 1.63. The molecule has 0 heterocycles. The van der Waals surface area contributed by atoms with E-state index in [1.807, 2.05) is 4.83 Å². The summed E-state index contributed by atoms with van der Waals surface area (Å²) in [5, 5.41) is 0. The quantitative estimate of drug-likeness (QED) is 0.749. The van der Waals surface area contributed by atoms with E-state index in [0.717, 1.165) is 6.07 Å². The van der Waals surface area contributed by atoms with Gasteiger partial charge in [0.1, 0.15) is 0 Å². The fourth-order valence-corrected chi connectivity index (χ4v) is 2.07. The normalized spacial score (nSPS) is 11.7. The molecule has 0 aliphatic rings. The van der Waals surface area contributed by atoms with E-state index in [2.05, 4.69) is 5.43 Å². The molecule has 1 aromatic rings. The maximum absolute atomic E-state index is 13.1. The SMILES string of the molecule is CNNS(=O)(=O)Cc1cccc(F)c1F. The molecule has 0 fully saturated rings. The second-order valence-electron chi connectivity index (χ2n) is 2.82. The summed E-state index contributed by atoms with van der Waals surface area (Å²) >= 11 is 0. The van der Waals surface area contributed by atoms with Crippen molar-refractivity contribution in [3.05, 3.63) is 35.4 Å². The lowest BCUT2D eigenvalue weighted by Gasteiger charge is -2.06. The van der Waals surface area contributed by atoms with Gasteiger partial charge in [-0.1, -0.05) is 12.1 Å². The topological polar surface area (TPSA) is 58.2 Å². The summed E-state index contributed by atoms with van der Waals surface area (Å²) in [7, 11) is -2.33. The van der Waals surface area contributed by atoms with E-state index in [1.165, 1.54) is 19.2 Å². The van der Waals surface area contributed by atoms with Crippen LogP contribution in [-0.2, 0) is 15.8 Å². The zero-order valence-corrected chi connectivity index (χ0v) is 8.74. The molecule has 0 aliphatic heterocycles. The molecular weight excluding hydrogens is 226 g/mol. The van der Waals surface area contributed by atoms with Crippen LogP contribution in [0.4, 0.5) is 8.78 Å². The van der Waals surface area contributed by atoms with Gasteiger partial charge in [0.25, 0.3) is 0 Å². The average molecular weight is 236 g/mol. The molecule has 0 aromatic heterocycles. The molecular formula is C8H10F2N2O2S. The highest BCUT2D eigenvalue weighted by Gasteiger charge is 2.15. The van der Waals surface area contributed by atoms with Crippen LogP contribution in [-0.4, -0.2) is 15.5 Å². The van der Waals surface area contributed by atoms with E-state index < -0.39 is 27.4 Å². The van der Waals surface area contributed by atoms with Crippen LogP contribution in [0.25, 0.3) is 0 Å². The first kappa shape index (κ1) is 12.0. The van der Waals surface area contributed by atoms with Gasteiger partial charge in [-0.2, -0.15) is 4.83 Å². The minimum atomic E-state index is -3.69. The molecule has 0 atom stereocenters. The Morgan fingerprint density at radius 2 is 2.00 bits per heavy atom. The smallest absolute Gasteiger partial charge is 0.228 e. The zero-order chi connectivity index (χ0) is 11.5. The van der Waals surface area contributed by atoms with Crippen molar-refractivity contribution in [3.8, 4) is 0 Å². The van der Waals surface area contributed by atoms with Crippen LogP contribution in [0.3, 0.4) is 0 Å². The Morgan fingerprint density at radius 3 is 2.60 bits per heavy atom. The summed E-state index contributed by atoms with van der Waals surface area (Å²) in [6.07, 6.45) is 0. The highest BCUT2D eigenvalue weighted by atomic mass is 32.2. The van der Waals surface area contributed by atoms with Gasteiger partial charge < -0.3 is 0 Å². The first-order valence-electron chi connectivity index (χ1n) is 4.05. The van der Waals surface area contributed by atoms with Crippen molar-refractivity contribution in [2.45, 2.75) is 5.75 Å². The van der Waals surface area contributed by atoms with E-state index in [1.54, 1.807) is 0 Å². The molecule has 0 unspecified atom stereocenters. The van der Waals surface area contributed by atoms with E-state index in [-0.39, 0.29) is 5.56 Å². The Balaban J connectivity index is 2.95. The lowest BCUT2D eigenvalue weighted by Crippen LogP contribution is -2.35. The molecule has 2 N–H and O–H groups in total. The lowest BCUT2D eigenvalue weighted by molar-refractivity contribution is 0.500. The molecule has 1 aromatic carbocycles. The number of hydrogen-bond acceptors (Lipinski definition) is 3. The van der Waals surface area contributed by atoms with E-state index in [4.69, 9.17) is 0 Å². The van der Waals surface area contributed by atoms with Crippen LogP contribution in [0, 0.1) is 11.6 Å². The molecule has 84 valence electrons.